The summed E-state index contributed by atoms with van der Waals surface area (Å²) in [5.74, 6) is 0. The molecule has 0 heterocycles. The third kappa shape index (κ3) is 36.5. The number of aliphatic hydroxyl groups excluding tert-OH is 1. The van der Waals surface area contributed by atoms with E-state index in [9.17, 15) is 13.0 Å². The van der Waals surface area contributed by atoms with Crippen LogP contribution in [0.5, 0.6) is 0 Å². The summed E-state index contributed by atoms with van der Waals surface area (Å²) in [5, 5.41) is 7.57. The number of aliphatic hydroxyl groups is 1. The Hall–Kier alpha value is 0.830. The first-order valence-electron chi connectivity index (χ1n) is 9.69. The molecule has 0 saturated carbocycles. The van der Waals surface area contributed by atoms with Crippen molar-refractivity contribution in [2.24, 2.45) is 0 Å². The molecule has 148 valence electrons. The average molecular weight is 391 g/mol. The van der Waals surface area contributed by atoms with Gasteiger partial charge in [0.25, 0.3) is 0 Å². The van der Waals surface area contributed by atoms with Crippen LogP contribution in [0.2, 0.25) is 0 Å². The minimum Gasteiger partial charge on any atom is -0.726 e. The van der Waals surface area contributed by atoms with Crippen molar-refractivity contribution in [2.75, 3.05) is 13.2 Å². The Kier molecular flexibility index (Phi) is 30.3. The van der Waals surface area contributed by atoms with E-state index in [2.05, 4.69) is 11.1 Å². The number of hydrogen-bond donors (Lipinski definition) is 1. The van der Waals surface area contributed by atoms with Crippen LogP contribution in [0.25, 0.3) is 0 Å². The smallest absolute Gasteiger partial charge is 0.726 e. The Balaban J connectivity index is -0.00000112. The van der Waals surface area contributed by atoms with Crippen molar-refractivity contribution in [1.82, 2.24) is 0 Å². The van der Waals surface area contributed by atoms with E-state index in [0.29, 0.717) is 6.42 Å². The van der Waals surface area contributed by atoms with Gasteiger partial charge in [0, 0.05) is 6.61 Å². The molecule has 0 radical (unpaired) electrons. The van der Waals surface area contributed by atoms with Crippen molar-refractivity contribution in [1.29, 1.82) is 0 Å². The average Bonchev–Trinajstić information content (AvgIpc) is 2.51. The first kappa shape index (κ1) is 30.6. The molecule has 7 heteroatoms. The quantitative estimate of drug-likeness (QED) is 0.188. The molecule has 0 aromatic heterocycles. The fourth-order valence-corrected chi connectivity index (χ4v) is 2.78. The molecule has 0 aromatic rings. The van der Waals surface area contributed by atoms with E-state index in [0.717, 1.165) is 12.8 Å². The summed E-state index contributed by atoms with van der Waals surface area (Å²) < 4.78 is 34.7. The maximum atomic E-state index is 10.2. The Morgan fingerprint density at radius 1 is 0.720 bits per heavy atom. The van der Waals surface area contributed by atoms with Crippen LogP contribution in [0.1, 0.15) is 104 Å². The van der Waals surface area contributed by atoms with Gasteiger partial charge in [-0.1, -0.05) is 90.4 Å². The van der Waals surface area contributed by atoms with Crippen LogP contribution in [0.3, 0.4) is 0 Å². The van der Waals surface area contributed by atoms with E-state index in [1.165, 1.54) is 70.6 Å². The summed E-state index contributed by atoms with van der Waals surface area (Å²) in [5.41, 5.74) is 0. The Bertz CT molecular complexity index is 323. The molecule has 0 rings (SSSR count). The topological polar surface area (TPSA) is 86.7 Å². The molecule has 0 aliphatic rings. The monoisotopic (exact) mass is 390 g/mol. The van der Waals surface area contributed by atoms with Crippen molar-refractivity contribution in [3.8, 4) is 0 Å². The normalized spacial score (nSPS) is 10.7. The van der Waals surface area contributed by atoms with Crippen LogP contribution in [0.15, 0.2) is 0 Å². The molecule has 0 aromatic carbocycles. The minimum absolute atomic E-state index is 0. The summed E-state index contributed by atoms with van der Waals surface area (Å²) in [4.78, 5) is 0. The van der Waals surface area contributed by atoms with Gasteiger partial charge in [0.15, 0.2) is 0 Å². The van der Waals surface area contributed by atoms with E-state index in [1.54, 1.807) is 6.92 Å². The van der Waals surface area contributed by atoms with Gasteiger partial charge < -0.3 is 9.66 Å². The van der Waals surface area contributed by atoms with Gasteiger partial charge in [0.1, 0.15) is 0 Å². The summed E-state index contributed by atoms with van der Waals surface area (Å²) in [7, 11) is -4.49. The van der Waals surface area contributed by atoms with E-state index in [1.807, 2.05) is 0 Å². The van der Waals surface area contributed by atoms with E-state index in [4.69, 9.17) is 5.11 Å². The first-order valence-corrected chi connectivity index (χ1v) is 11.0. The Labute approximate surface area is 178 Å². The molecule has 0 aliphatic carbocycles. The minimum atomic E-state index is -4.49. The van der Waals surface area contributed by atoms with Gasteiger partial charge in [-0.05, 0) is 13.3 Å². The third-order valence-corrected chi connectivity index (χ3v) is 4.18. The summed E-state index contributed by atoms with van der Waals surface area (Å²) >= 11 is 0. The molecule has 0 spiro atoms. The fraction of sp³-hybridized carbons (Fsp3) is 1.00. The molecule has 0 atom stereocenters. The molecular weight excluding hydrogens is 351 g/mol. The first-order chi connectivity index (χ1) is 11.5. The van der Waals surface area contributed by atoms with Gasteiger partial charge in [-0.25, -0.2) is 8.42 Å². The number of unbranched alkanes of at least 4 members (excludes halogenated alkanes) is 13. The molecule has 1 N–H and O–H groups in total. The van der Waals surface area contributed by atoms with Gasteiger partial charge >= 0.3 is 29.6 Å². The predicted octanol–water partition coefficient (Wildman–Crippen LogP) is 1.95. The molecule has 0 saturated heterocycles. The zero-order valence-corrected chi connectivity index (χ0v) is 19.6. The maximum Gasteiger partial charge on any atom is 1.00 e. The SMILES string of the molecule is CCCCCCCCCCCCCCCCOS(=O)(=O)[O-].CCO.[Na+]. The second-order valence-corrected chi connectivity index (χ2v) is 7.19. The molecule has 0 fully saturated rings. The Morgan fingerprint density at radius 2 is 1.00 bits per heavy atom. The van der Waals surface area contributed by atoms with Gasteiger partial charge in [-0.2, -0.15) is 0 Å². The number of hydrogen-bond acceptors (Lipinski definition) is 5. The van der Waals surface area contributed by atoms with Crippen LogP contribution in [0.4, 0.5) is 0 Å². The van der Waals surface area contributed by atoms with E-state index in [-0.39, 0.29) is 42.8 Å². The fourth-order valence-electron chi connectivity index (χ4n) is 2.46. The van der Waals surface area contributed by atoms with E-state index < -0.39 is 10.4 Å². The Morgan fingerprint density at radius 3 is 1.28 bits per heavy atom. The largest absolute Gasteiger partial charge is 1.00 e. The zero-order valence-electron chi connectivity index (χ0n) is 16.8. The van der Waals surface area contributed by atoms with Crippen LogP contribution < -0.4 is 29.6 Å². The van der Waals surface area contributed by atoms with Crippen LogP contribution in [-0.2, 0) is 14.6 Å². The van der Waals surface area contributed by atoms with Crippen LogP contribution in [-0.4, -0.2) is 31.3 Å². The van der Waals surface area contributed by atoms with Crippen molar-refractivity contribution in [3.63, 3.8) is 0 Å². The van der Waals surface area contributed by atoms with Gasteiger partial charge in [0.2, 0.25) is 10.4 Å². The maximum absolute atomic E-state index is 10.2. The van der Waals surface area contributed by atoms with Crippen molar-refractivity contribution in [3.05, 3.63) is 0 Å². The van der Waals surface area contributed by atoms with Gasteiger partial charge in [-0.15, -0.1) is 0 Å². The molecule has 0 unspecified atom stereocenters. The van der Waals surface area contributed by atoms with E-state index >= 15 is 0 Å². The van der Waals surface area contributed by atoms with Crippen molar-refractivity contribution in [2.45, 2.75) is 104 Å². The molecule has 0 bridgehead atoms. The zero-order chi connectivity index (χ0) is 18.5. The second-order valence-electron chi connectivity index (χ2n) is 6.14. The van der Waals surface area contributed by atoms with Gasteiger partial charge in [0.05, 0.1) is 6.61 Å². The summed E-state index contributed by atoms with van der Waals surface area (Å²) in [6.07, 6.45) is 17.4. The molecule has 25 heavy (non-hydrogen) atoms. The summed E-state index contributed by atoms with van der Waals surface area (Å²) in [6.45, 7) is 4.21. The molecular formula is C18H39NaO5S. The molecule has 0 aliphatic heterocycles. The van der Waals surface area contributed by atoms with Crippen LogP contribution in [0, 0.1) is 0 Å². The standard InChI is InChI=1S/C16H34O4S.C2H6O.Na/c1-2-3-4-5-6-7-8-9-10-11-12-13-14-15-16-20-21(17,18)19;1-2-3;/h2-16H2,1H3,(H,17,18,19);3H,2H2,1H3;/q;;+1/p-1. The third-order valence-electron chi connectivity index (χ3n) is 3.73. The molecule has 0 amide bonds. The number of rotatable bonds is 16. The second kappa shape index (κ2) is 24.8. The van der Waals surface area contributed by atoms with Gasteiger partial charge in [-0.3, -0.25) is 4.18 Å². The van der Waals surface area contributed by atoms with Crippen molar-refractivity contribution < 1.29 is 51.8 Å². The molecule has 5 nitrogen and oxygen atoms in total. The summed E-state index contributed by atoms with van der Waals surface area (Å²) in [6, 6.07) is 0. The predicted molar refractivity (Wildman–Crippen MR) is 98.7 cm³/mol. The van der Waals surface area contributed by atoms with Crippen molar-refractivity contribution >= 4 is 10.4 Å². The van der Waals surface area contributed by atoms with Crippen LogP contribution >= 0.6 is 0 Å².